The van der Waals surface area contributed by atoms with Crippen molar-refractivity contribution in [1.82, 2.24) is 5.32 Å². The van der Waals surface area contributed by atoms with Gasteiger partial charge in [-0.25, -0.2) is 0 Å². The van der Waals surface area contributed by atoms with Gasteiger partial charge in [-0.05, 0) is 52.9 Å². The second-order valence-corrected chi connectivity index (χ2v) is 7.64. The topological polar surface area (TPSA) is 30.5 Å². The van der Waals surface area contributed by atoms with Crippen LogP contribution in [-0.2, 0) is 19.2 Å². The molecule has 1 atom stereocenters. The first-order chi connectivity index (χ1) is 15.4. The fourth-order valence-electron chi connectivity index (χ4n) is 3.80. The van der Waals surface area contributed by atoms with Crippen molar-refractivity contribution in [1.29, 1.82) is 0 Å². The number of hydrogen-bond donors (Lipinski definition) is 1. The molecule has 1 N–H and O–H groups in total. The zero-order valence-corrected chi connectivity index (χ0v) is 17.7. The van der Waals surface area contributed by atoms with E-state index in [4.69, 9.17) is 9.47 Å². The average molecular weight is 439 g/mol. The van der Waals surface area contributed by atoms with Gasteiger partial charge in [0.15, 0.2) is 11.5 Å². The summed E-state index contributed by atoms with van der Waals surface area (Å²) in [5, 5.41) is 3.41. The van der Waals surface area contributed by atoms with E-state index in [2.05, 4.69) is 5.32 Å². The quantitative estimate of drug-likeness (QED) is 0.497. The van der Waals surface area contributed by atoms with Gasteiger partial charge in [-0.2, -0.15) is 13.2 Å². The van der Waals surface area contributed by atoms with Crippen LogP contribution in [0.5, 0.6) is 11.5 Å². The standard InChI is InChI=1S/C26H24F3NO2/c1-31-24-16-22-20(15-25(24)32-17-19-6-3-2-4-7-19)12-13-30-23(22)11-10-18-8-5-9-21(14-18)26(27,28)29/h2-11,14-16,23,30H,12-13,17H2,1H3/b11-10+. The zero-order chi connectivity index (χ0) is 22.6. The molecule has 6 heteroatoms. The van der Waals surface area contributed by atoms with Crippen LogP contribution in [0.25, 0.3) is 6.08 Å². The minimum atomic E-state index is -4.36. The molecular formula is C26H24F3NO2. The maximum absolute atomic E-state index is 13.0. The minimum absolute atomic E-state index is 0.134. The third-order valence-corrected chi connectivity index (χ3v) is 5.45. The van der Waals surface area contributed by atoms with Crippen LogP contribution in [0.2, 0.25) is 0 Å². The molecule has 0 bridgehead atoms. The molecule has 3 aromatic rings. The van der Waals surface area contributed by atoms with Gasteiger partial charge in [0.05, 0.1) is 18.7 Å². The van der Waals surface area contributed by atoms with E-state index in [0.717, 1.165) is 41.8 Å². The highest BCUT2D eigenvalue weighted by molar-refractivity contribution is 5.55. The highest BCUT2D eigenvalue weighted by atomic mass is 19.4. The summed E-state index contributed by atoms with van der Waals surface area (Å²) in [6.07, 6.45) is 0.0731. The zero-order valence-electron chi connectivity index (χ0n) is 17.7. The van der Waals surface area contributed by atoms with Crippen LogP contribution >= 0.6 is 0 Å². The lowest BCUT2D eigenvalue weighted by molar-refractivity contribution is -0.137. The van der Waals surface area contributed by atoms with Gasteiger partial charge in [0.2, 0.25) is 0 Å². The highest BCUT2D eigenvalue weighted by Gasteiger charge is 2.30. The summed E-state index contributed by atoms with van der Waals surface area (Å²) in [5.74, 6) is 1.30. The third kappa shape index (κ3) is 5.14. The van der Waals surface area contributed by atoms with Crippen LogP contribution in [0.4, 0.5) is 13.2 Å². The second kappa shape index (κ2) is 9.49. The van der Waals surface area contributed by atoms with Gasteiger partial charge in [-0.15, -0.1) is 0 Å². The number of alkyl halides is 3. The van der Waals surface area contributed by atoms with Crippen molar-refractivity contribution < 1.29 is 22.6 Å². The lowest BCUT2D eigenvalue weighted by Gasteiger charge is -2.26. The van der Waals surface area contributed by atoms with Crippen LogP contribution < -0.4 is 14.8 Å². The number of benzene rings is 3. The van der Waals surface area contributed by atoms with E-state index >= 15 is 0 Å². The molecule has 0 radical (unpaired) electrons. The van der Waals surface area contributed by atoms with Crippen molar-refractivity contribution in [2.75, 3.05) is 13.7 Å². The van der Waals surface area contributed by atoms with E-state index in [0.29, 0.717) is 23.7 Å². The molecule has 32 heavy (non-hydrogen) atoms. The smallest absolute Gasteiger partial charge is 0.416 e. The van der Waals surface area contributed by atoms with Crippen molar-refractivity contribution >= 4 is 6.08 Å². The maximum Gasteiger partial charge on any atom is 0.416 e. The molecule has 0 fully saturated rings. The Morgan fingerprint density at radius 2 is 1.81 bits per heavy atom. The molecule has 1 aliphatic rings. The molecule has 0 saturated carbocycles. The summed E-state index contributed by atoms with van der Waals surface area (Å²) in [5.41, 5.74) is 3.08. The molecule has 0 aliphatic carbocycles. The fourth-order valence-corrected chi connectivity index (χ4v) is 3.80. The molecule has 0 amide bonds. The largest absolute Gasteiger partial charge is 0.493 e. The molecular weight excluding hydrogens is 415 g/mol. The summed E-state index contributed by atoms with van der Waals surface area (Å²) in [7, 11) is 1.60. The lowest BCUT2D eigenvalue weighted by Crippen LogP contribution is -2.28. The van der Waals surface area contributed by atoms with Gasteiger partial charge in [0, 0.05) is 6.54 Å². The molecule has 3 aromatic carbocycles. The van der Waals surface area contributed by atoms with E-state index in [-0.39, 0.29) is 6.04 Å². The molecule has 0 spiro atoms. The summed E-state index contributed by atoms with van der Waals surface area (Å²) >= 11 is 0. The maximum atomic E-state index is 13.0. The molecule has 4 rings (SSSR count). The first-order valence-corrected chi connectivity index (χ1v) is 10.4. The number of ether oxygens (including phenoxy) is 2. The van der Waals surface area contributed by atoms with Crippen molar-refractivity contribution in [3.05, 3.63) is 101 Å². The number of rotatable bonds is 6. The lowest BCUT2D eigenvalue weighted by atomic mass is 9.93. The predicted octanol–water partition coefficient (Wildman–Crippen LogP) is 6.19. The normalized spacial score (nSPS) is 16.1. The Bertz CT molecular complexity index is 1090. The van der Waals surface area contributed by atoms with Crippen LogP contribution in [0.1, 0.15) is 33.9 Å². The molecule has 1 heterocycles. The van der Waals surface area contributed by atoms with Crippen molar-refractivity contribution in [3.8, 4) is 11.5 Å². The predicted molar refractivity (Wildman–Crippen MR) is 119 cm³/mol. The molecule has 1 aliphatic heterocycles. The van der Waals surface area contributed by atoms with Crippen LogP contribution in [0, 0.1) is 0 Å². The van der Waals surface area contributed by atoms with Crippen molar-refractivity contribution in [2.24, 2.45) is 0 Å². The third-order valence-electron chi connectivity index (χ3n) is 5.45. The van der Waals surface area contributed by atoms with E-state index in [1.807, 2.05) is 48.5 Å². The monoisotopic (exact) mass is 439 g/mol. The first-order valence-electron chi connectivity index (χ1n) is 10.4. The Kier molecular flexibility index (Phi) is 6.51. The van der Waals surface area contributed by atoms with E-state index in [9.17, 15) is 13.2 Å². The SMILES string of the molecule is COc1cc2c(cc1OCc1ccccc1)CCNC2/C=C/c1cccc(C(F)(F)F)c1. The summed E-state index contributed by atoms with van der Waals surface area (Å²) < 4.78 is 50.6. The Morgan fingerprint density at radius 1 is 1.00 bits per heavy atom. The Labute approximate surface area is 185 Å². The van der Waals surface area contributed by atoms with Crippen LogP contribution in [0.3, 0.4) is 0 Å². The van der Waals surface area contributed by atoms with E-state index in [1.165, 1.54) is 6.07 Å². The number of halogens is 3. The molecule has 3 nitrogen and oxygen atoms in total. The Hall–Kier alpha value is -3.25. The highest BCUT2D eigenvalue weighted by Crippen LogP contribution is 2.36. The number of hydrogen-bond acceptors (Lipinski definition) is 3. The van der Waals surface area contributed by atoms with Gasteiger partial charge in [0.25, 0.3) is 0 Å². The number of fused-ring (bicyclic) bond motifs is 1. The van der Waals surface area contributed by atoms with E-state index in [1.54, 1.807) is 19.3 Å². The van der Waals surface area contributed by atoms with E-state index < -0.39 is 11.7 Å². The second-order valence-electron chi connectivity index (χ2n) is 7.64. The molecule has 0 saturated heterocycles. The Balaban J connectivity index is 1.56. The van der Waals surface area contributed by atoms with Gasteiger partial charge in [-0.1, -0.05) is 54.6 Å². The van der Waals surface area contributed by atoms with Gasteiger partial charge in [0.1, 0.15) is 6.61 Å². The average Bonchev–Trinajstić information content (AvgIpc) is 2.81. The van der Waals surface area contributed by atoms with Gasteiger partial charge in [-0.3, -0.25) is 0 Å². The van der Waals surface area contributed by atoms with Gasteiger partial charge < -0.3 is 14.8 Å². The summed E-state index contributed by atoms with van der Waals surface area (Å²) in [6.45, 7) is 1.20. The summed E-state index contributed by atoms with van der Waals surface area (Å²) in [4.78, 5) is 0. The van der Waals surface area contributed by atoms with Crippen LogP contribution in [-0.4, -0.2) is 13.7 Å². The fraction of sp³-hybridized carbons (Fsp3) is 0.231. The number of nitrogens with one attached hydrogen (secondary N) is 1. The number of methoxy groups -OCH3 is 1. The van der Waals surface area contributed by atoms with Gasteiger partial charge >= 0.3 is 6.18 Å². The minimum Gasteiger partial charge on any atom is -0.493 e. The van der Waals surface area contributed by atoms with Crippen molar-refractivity contribution in [2.45, 2.75) is 25.2 Å². The first kappa shape index (κ1) is 22.0. The Morgan fingerprint density at radius 3 is 2.56 bits per heavy atom. The molecule has 0 aromatic heterocycles. The molecule has 166 valence electrons. The summed E-state index contributed by atoms with van der Waals surface area (Å²) in [6, 6.07) is 19.0. The molecule has 1 unspecified atom stereocenters. The van der Waals surface area contributed by atoms with Crippen molar-refractivity contribution in [3.63, 3.8) is 0 Å². The van der Waals surface area contributed by atoms with Crippen LogP contribution in [0.15, 0.2) is 72.8 Å².